The van der Waals surface area contributed by atoms with Gasteiger partial charge >= 0.3 is 0 Å². The van der Waals surface area contributed by atoms with E-state index in [2.05, 4.69) is 28.5 Å². The summed E-state index contributed by atoms with van der Waals surface area (Å²) in [5.74, 6) is 1.03. The number of ether oxygens (including phenoxy) is 1. The number of nitrogens with one attached hydrogen (secondary N) is 1. The highest BCUT2D eigenvalue weighted by Crippen LogP contribution is 2.26. The van der Waals surface area contributed by atoms with Crippen LogP contribution in [0.5, 0.6) is 0 Å². The Labute approximate surface area is 96.5 Å². The van der Waals surface area contributed by atoms with Gasteiger partial charge in [0.1, 0.15) is 5.76 Å². The first-order valence-corrected chi connectivity index (χ1v) is 5.66. The Bertz CT molecular complexity index is 392. The second-order valence-corrected chi connectivity index (χ2v) is 4.15. The molecule has 0 radical (unpaired) electrons. The molecule has 0 spiro atoms. The number of rotatable bonds is 3. The Kier molecular flexibility index (Phi) is 3.25. The van der Waals surface area contributed by atoms with Crippen molar-refractivity contribution in [1.29, 1.82) is 0 Å². The van der Waals surface area contributed by atoms with E-state index < -0.39 is 0 Å². The average Bonchev–Trinajstić information content (AvgIpc) is 2.70. The maximum atomic E-state index is 5.62. The number of hydrogen-bond donors (Lipinski definition) is 1. The third kappa shape index (κ3) is 2.25. The second kappa shape index (κ2) is 4.66. The third-order valence-electron chi connectivity index (χ3n) is 2.74. The zero-order valence-electron chi connectivity index (χ0n) is 10.1. The van der Waals surface area contributed by atoms with E-state index in [4.69, 9.17) is 4.74 Å². The molecule has 2 rings (SSSR count). The number of pyridine rings is 1. The molecule has 0 aliphatic carbocycles. The van der Waals surface area contributed by atoms with E-state index in [0.29, 0.717) is 0 Å². The van der Waals surface area contributed by atoms with Crippen molar-refractivity contribution in [3.05, 3.63) is 40.9 Å². The Morgan fingerprint density at radius 3 is 2.50 bits per heavy atom. The Hall–Kier alpha value is -1.35. The summed E-state index contributed by atoms with van der Waals surface area (Å²) < 4.78 is 5.62. The molecule has 3 heteroatoms. The van der Waals surface area contributed by atoms with Gasteiger partial charge in [0.15, 0.2) is 0 Å². The molecule has 2 heterocycles. The molecule has 1 aromatic heterocycles. The summed E-state index contributed by atoms with van der Waals surface area (Å²) in [5, 5.41) is 3.29. The first-order valence-electron chi connectivity index (χ1n) is 5.66. The molecule has 1 aromatic rings. The summed E-state index contributed by atoms with van der Waals surface area (Å²) in [4.78, 5) is 4.39. The van der Waals surface area contributed by atoms with Crippen LogP contribution in [0, 0.1) is 13.8 Å². The summed E-state index contributed by atoms with van der Waals surface area (Å²) in [6.45, 7) is 4.84. The fraction of sp³-hybridized carbons (Fsp3) is 0.462. The largest absolute Gasteiger partial charge is 0.496 e. The first-order chi connectivity index (χ1) is 7.70. The number of likely N-dealkylation sites (N-methyl/N-ethyl adjacent to an activating group) is 1. The SMILES string of the molecule is CNC(C1=CCCO1)c1cc(C)nc(C)c1. The second-order valence-electron chi connectivity index (χ2n) is 4.15. The maximum Gasteiger partial charge on any atom is 0.114 e. The van der Waals surface area contributed by atoms with E-state index in [-0.39, 0.29) is 6.04 Å². The molecule has 1 unspecified atom stereocenters. The predicted octanol–water partition coefficient (Wildman–Crippen LogP) is 2.26. The van der Waals surface area contributed by atoms with Crippen LogP contribution in [0.4, 0.5) is 0 Å². The van der Waals surface area contributed by atoms with Crippen LogP contribution < -0.4 is 5.32 Å². The molecule has 86 valence electrons. The lowest BCUT2D eigenvalue weighted by atomic mass is 10.0. The molecule has 0 aromatic carbocycles. The van der Waals surface area contributed by atoms with E-state index in [1.807, 2.05) is 20.9 Å². The van der Waals surface area contributed by atoms with Gasteiger partial charge in [0.25, 0.3) is 0 Å². The number of nitrogens with zero attached hydrogens (tertiary/aromatic N) is 1. The first kappa shape index (κ1) is 11.1. The Morgan fingerprint density at radius 2 is 2.00 bits per heavy atom. The minimum absolute atomic E-state index is 0.155. The molecular formula is C13H18N2O. The Morgan fingerprint density at radius 1 is 1.31 bits per heavy atom. The van der Waals surface area contributed by atoms with Crippen molar-refractivity contribution in [1.82, 2.24) is 10.3 Å². The molecule has 0 bridgehead atoms. The zero-order valence-corrected chi connectivity index (χ0v) is 10.1. The van der Waals surface area contributed by atoms with Crippen LogP contribution >= 0.6 is 0 Å². The lowest BCUT2D eigenvalue weighted by Gasteiger charge is -2.18. The number of aryl methyl sites for hydroxylation is 2. The van der Waals surface area contributed by atoms with Gasteiger partial charge in [-0.1, -0.05) is 0 Å². The van der Waals surface area contributed by atoms with Crippen molar-refractivity contribution in [2.45, 2.75) is 26.3 Å². The van der Waals surface area contributed by atoms with Gasteiger partial charge in [-0.25, -0.2) is 0 Å². The van der Waals surface area contributed by atoms with Gasteiger partial charge in [-0.2, -0.15) is 0 Å². The van der Waals surface area contributed by atoms with E-state index in [9.17, 15) is 0 Å². The Balaban J connectivity index is 2.32. The maximum absolute atomic E-state index is 5.62. The monoisotopic (exact) mass is 218 g/mol. The summed E-state index contributed by atoms with van der Waals surface area (Å²) in [7, 11) is 1.96. The van der Waals surface area contributed by atoms with E-state index in [0.717, 1.165) is 30.2 Å². The molecule has 1 aliphatic rings. The number of aromatic nitrogens is 1. The fourth-order valence-corrected chi connectivity index (χ4v) is 2.14. The van der Waals surface area contributed by atoms with Gasteiger partial charge in [-0.15, -0.1) is 0 Å². The molecule has 1 N–H and O–H groups in total. The minimum atomic E-state index is 0.155. The van der Waals surface area contributed by atoms with Gasteiger partial charge < -0.3 is 10.1 Å². The topological polar surface area (TPSA) is 34.1 Å². The molecule has 0 saturated heterocycles. The summed E-state index contributed by atoms with van der Waals surface area (Å²) in [5.41, 5.74) is 3.32. The van der Waals surface area contributed by atoms with E-state index in [1.165, 1.54) is 5.56 Å². The molecule has 0 saturated carbocycles. The lowest BCUT2D eigenvalue weighted by Crippen LogP contribution is -2.19. The van der Waals surface area contributed by atoms with Crippen molar-refractivity contribution >= 4 is 0 Å². The van der Waals surface area contributed by atoms with Gasteiger partial charge in [0.05, 0.1) is 12.6 Å². The molecule has 3 nitrogen and oxygen atoms in total. The third-order valence-corrected chi connectivity index (χ3v) is 2.74. The molecular weight excluding hydrogens is 200 g/mol. The highest BCUT2D eigenvalue weighted by atomic mass is 16.5. The van der Waals surface area contributed by atoms with Gasteiger partial charge in [-0.3, -0.25) is 4.98 Å². The summed E-state index contributed by atoms with van der Waals surface area (Å²) in [6.07, 6.45) is 3.17. The normalized spacial score (nSPS) is 16.8. The van der Waals surface area contributed by atoms with Crippen LogP contribution in [-0.4, -0.2) is 18.6 Å². The van der Waals surface area contributed by atoms with Crippen LogP contribution in [0.15, 0.2) is 24.0 Å². The molecule has 16 heavy (non-hydrogen) atoms. The molecule has 1 aliphatic heterocycles. The lowest BCUT2D eigenvalue weighted by molar-refractivity contribution is 0.218. The van der Waals surface area contributed by atoms with Crippen molar-refractivity contribution < 1.29 is 4.74 Å². The van der Waals surface area contributed by atoms with Crippen molar-refractivity contribution in [2.24, 2.45) is 0 Å². The average molecular weight is 218 g/mol. The van der Waals surface area contributed by atoms with Crippen molar-refractivity contribution in [3.8, 4) is 0 Å². The fourth-order valence-electron chi connectivity index (χ4n) is 2.14. The van der Waals surface area contributed by atoms with Gasteiger partial charge in [-0.05, 0) is 44.7 Å². The van der Waals surface area contributed by atoms with Crippen molar-refractivity contribution in [3.63, 3.8) is 0 Å². The number of hydrogen-bond acceptors (Lipinski definition) is 3. The molecule has 0 fully saturated rings. The van der Waals surface area contributed by atoms with Gasteiger partial charge in [0, 0.05) is 17.8 Å². The van der Waals surface area contributed by atoms with Crippen LogP contribution in [-0.2, 0) is 4.74 Å². The predicted molar refractivity (Wildman–Crippen MR) is 64.2 cm³/mol. The van der Waals surface area contributed by atoms with Crippen LogP contribution in [0.25, 0.3) is 0 Å². The highest BCUT2D eigenvalue weighted by Gasteiger charge is 2.19. The van der Waals surface area contributed by atoms with Crippen LogP contribution in [0.2, 0.25) is 0 Å². The van der Waals surface area contributed by atoms with Crippen LogP contribution in [0.1, 0.15) is 29.4 Å². The van der Waals surface area contributed by atoms with E-state index >= 15 is 0 Å². The highest BCUT2D eigenvalue weighted by molar-refractivity contribution is 5.29. The van der Waals surface area contributed by atoms with Gasteiger partial charge in [0.2, 0.25) is 0 Å². The standard InChI is InChI=1S/C13H18N2O/c1-9-7-11(8-10(2)15-9)13(14-3)12-5-4-6-16-12/h5,7-8,13-14H,4,6H2,1-3H3. The molecule has 1 atom stereocenters. The quantitative estimate of drug-likeness (QED) is 0.845. The van der Waals surface area contributed by atoms with Crippen LogP contribution in [0.3, 0.4) is 0 Å². The zero-order chi connectivity index (χ0) is 11.5. The van der Waals surface area contributed by atoms with Crippen molar-refractivity contribution in [2.75, 3.05) is 13.7 Å². The minimum Gasteiger partial charge on any atom is -0.496 e. The van der Waals surface area contributed by atoms with E-state index in [1.54, 1.807) is 0 Å². The summed E-state index contributed by atoms with van der Waals surface area (Å²) in [6, 6.07) is 4.37. The molecule has 0 amide bonds. The smallest absolute Gasteiger partial charge is 0.114 e. The summed E-state index contributed by atoms with van der Waals surface area (Å²) >= 11 is 0.